The van der Waals surface area contributed by atoms with Crippen LogP contribution in [0.1, 0.15) is 28.4 Å². The summed E-state index contributed by atoms with van der Waals surface area (Å²) in [4.78, 5) is 24.2. The quantitative estimate of drug-likeness (QED) is 0.419. The van der Waals surface area contributed by atoms with Crippen molar-refractivity contribution < 1.29 is 35.9 Å². The number of nitrogens with one attached hydrogen (secondary N) is 1. The molecule has 0 aliphatic carbocycles. The highest BCUT2D eigenvalue weighted by atomic mass is 32.2. The molecule has 3 aromatic carbocycles. The molecule has 0 atom stereocenters. The maximum atomic E-state index is 13.7. The van der Waals surface area contributed by atoms with Gasteiger partial charge in [-0.1, -0.05) is 24.3 Å². The van der Waals surface area contributed by atoms with E-state index in [1.54, 1.807) is 19.1 Å². The van der Waals surface area contributed by atoms with Gasteiger partial charge in [-0.3, -0.25) is 13.9 Å². The number of anilines is 2. The first-order valence-electron chi connectivity index (χ1n) is 10.6. The predicted molar refractivity (Wildman–Crippen MR) is 129 cm³/mol. The number of methoxy groups -OCH3 is 1. The van der Waals surface area contributed by atoms with E-state index in [1.807, 2.05) is 0 Å². The van der Waals surface area contributed by atoms with E-state index in [0.717, 1.165) is 12.1 Å². The summed E-state index contributed by atoms with van der Waals surface area (Å²) in [6.07, 6.45) is -4.73. The Morgan fingerprint density at radius 2 is 1.69 bits per heavy atom. The first kappa shape index (κ1) is 26.7. The SMILES string of the molecule is COc1ccc(C)cc1S(=O)(=O)N(CC(=O)Nc1cccc(C(C)=O)c1)c1cccc(C(F)(F)F)c1. The summed E-state index contributed by atoms with van der Waals surface area (Å²) in [7, 11) is -3.31. The third-order valence-electron chi connectivity index (χ3n) is 5.19. The van der Waals surface area contributed by atoms with Crippen LogP contribution in [0, 0.1) is 6.92 Å². The van der Waals surface area contributed by atoms with Crippen LogP contribution in [0.25, 0.3) is 0 Å². The fourth-order valence-corrected chi connectivity index (χ4v) is 5.06. The van der Waals surface area contributed by atoms with Gasteiger partial charge in [-0.15, -0.1) is 0 Å². The minimum atomic E-state index is -4.73. The first-order valence-corrected chi connectivity index (χ1v) is 12.0. The van der Waals surface area contributed by atoms with Crippen LogP contribution >= 0.6 is 0 Å². The van der Waals surface area contributed by atoms with E-state index in [9.17, 15) is 31.2 Å². The zero-order chi connectivity index (χ0) is 26.7. The summed E-state index contributed by atoms with van der Waals surface area (Å²) in [5.74, 6) is -1.11. The summed E-state index contributed by atoms with van der Waals surface area (Å²) >= 11 is 0. The van der Waals surface area contributed by atoms with Crippen LogP contribution in [-0.2, 0) is 21.0 Å². The van der Waals surface area contributed by atoms with E-state index in [1.165, 1.54) is 50.4 Å². The van der Waals surface area contributed by atoms with Gasteiger partial charge in [0, 0.05) is 11.3 Å². The molecular weight excluding hydrogens is 497 g/mol. The molecule has 1 N–H and O–H groups in total. The molecule has 1 amide bonds. The number of hydrogen-bond acceptors (Lipinski definition) is 5. The topological polar surface area (TPSA) is 92.8 Å². The molecule has 0 radical (unpaired) electrons. The number of nitrogens with zero attached hydrogens (tertiary/aromatic N) is 1. The molecule has 0 unspecified atom stereocenters. The van der Waals surface area contributed by atoms with Gasteiger partial charge in [0.25, 0.3) is 10.0 Å². The standard InChI is InChI=1S/C25H23F3N2O5S/c1-16-10-11-22(35-3)23(12-16)36(33,34)30(21-9-5-7-19(14-21)25(26,27)28)15-24(32)29-20-8-4-6-18(13-20)17(2)31/h4-14H,15H2,1-3H3,(H,29,32). The summed E-state index contributed by atoms with van der Waals surface area (Å²) in [5.41, 5.74) is -0.335. The Morgan fingerprint density at radius 3 is 2.33 bits per heavy atom. The predicted octanol–water partition coefficient (Wildman–Crippen LogP) is 5.06. The van der Waals surface area contributed by atoms with Crippen LogP contribution in [0.3, 0.4) is 0 Å². The molecular formula is C25H23F3N2O5S. The second-order valence-corrected chi connectivity index (χ2v) is 9.73. The maximum absolute atomic E-state index is 13.7. The molecule has 0 aliphatic rings. The van der Waals surface area contributed by atoms with Crippen LogP contribution in [0.2, 0.25) is 0 Å². The Hall–Kier alpha value is -3.86. The summed E-state index contributed by atoms with van der Waals surface area (Å²) < 4.78 is 73.3. The van der Waals surface area contributed by atoms with E-state index in [2.05, 4.69) is 5.32 Å². The number of sulfonamides is 1. The highest BCUT2D eigenvalue weighted by molar-refractivity contribution is 7.93. The van der Waals surface area contributed by atoms with Gasteiger partial charge in [-0.2, -0.15) is 13.2 Å². The van der Waals surface area contributed by atoms with Crippen molar-refractivity contribution in [1.82, 2.24) is 0 Å². The van der Waals surface area contributed by atoms with Crippen molar-refractivity contribution in [2.24, 2.45) is 0 Å². The largest absolute Gasteiger partial charge is 0.495 e. The van der Waals surface area contributed by atoms with E-state index in [0.29, 0.717) is 21.5 Å². The number of halogens is 3. The Balaban J connectivity index is 2.07. The van der Waals surface area contributed by atoms with Crippen LogP contribution < -0.4 is 14.4 Å². The molecule has 3 aromatic rings. The third kappa shape index (κ3) is 6.03. The van der Waals surface area contributed by atoms with E-state index >= 15 is 0 Å². The number of aryl methyl sites for hydroxylation is 1. The molecule has 0 fully saturated rings. The highest BCUT2D eigenvalue weighted by Gasteiger charge is 2.34. The van der Waals surface area contributed by atoms with Crippen molar-refractivity contribution in [3.63, 3.8) is 0 Å². The van der Waals surface area contributed by atoms with Crippen molar-refractivity contribution in [1.29, 1.82) is 0 Å². The Kier molecular flexibility index (Phi) is 7.73. The fraction of sp³-hybridized carbons (Fsp3) is 0.200. The molecule has 3 rings (SSSR count). The number of carbonyl (C=O) groups is 2. The number of ketones is 1. The van der Waals surface area contributed by atoms with E-state index in [-0.39, 0.29) is 27.8 Å². The molecule has 0 bridgehead atoms. The monoisotopic (exact) mass is 520 g/mol. The molecule has 36 heavy (non-hydrogen) atoms. The number of Topliss-reactive ketones (excluding diaryl/α,β-unsaturated/α-hetero) is 1. The fourth-order valence-electron chi connectivity index (χ4n) is 3.40. The number of alkyl halides is 3. The van der Waals surface area contributed by atoms with Gasteiger partial charge in [-0.05, 0) is 61.9 Å². The number of amides is 1. The molecule has 0 heterocycles. The van der Waals surface area contributed by atoms with Crippen molar-refractivity contribution in [2.45, 2.75) is 24.9 Å². The van der Waals surface area contributed by atoms with E-state index < -0.39 is 34.2 Å². The second kappa shape index (κ2) is 10.4. The lowest BCUT2D eigenvalue weighted by molar-refractivity contribution is -0.137. The number of carbonyl (C=O) groups excluding carboxylic acids is 2. The Bertz CT molecular complexity index is 1400. The zero-order valence-corrected chi connectivity index (χ0v) is 20.4. The summed E-state index contributed by atoms with van der Waals surface area (Å²) in [6.45, 7) is 2.14. The average Bonchev–Trinajstić information content (AvgIpc) is 2.82. The molecule has 7 nitrogen and oxygen atoms in total. The normalized spacial score (nSPS) is 11.6. The van der Waals surface area contributed by atoms with Crippen LogP contribution in [0.5, 0.6) is 5.75 Å². The van der Waals surface area contributed by atoms with Crippen molar-refractivity contribution in [3.05, 3.63) is 83.4 Å². The lowest BCUT2D eigenvalue weighted by Crippen LogP contribution is -2.38. The average molecular weight is 521 g/mol. The second-order valence-electron chi connectivity index (χ2n) is 7.90. The molecule has 11 heteroatoms. The number of benzene rings is 3. The molecule has 190 valence electrons. The molecule has 0 saturated carbocycles. The lowest BCUT2D eigenvalue weighted by atomic mass is 10.1. The number of ether oxygens (including phenoxy) is 1. The van der Waals surface area contributed by atoms with Crippen molar-refractivity contribution >= 4 is 33.1 Å². The minimum Gasteiger partial charge on any atom is -0.495 e. The zero-order valence-electron chi connectivity index (χ0n) is 19.6. The minimum absolute atomic E-state index is 0.0351. The molecule has 0 spiro atoms. The Labute approximate surface area is 206 Å². The molecule has 0 aliphatic heterocycles. The van der Waals surface area contributed by atoms with Gasteiger partial charge in [0.2, 0.25) is 5.91 Å². The smallest absolute Gasteiger partial charge is 0.416 e. The van der Waals surface area contributed by atoms with Gasteiger partial charge in [-0.25, -0.2) is 8.42 Å². The van der Waals surface area contributed by atoms with Crippen LogP contribution in [0.4, 0.5) is 24.5 Å². The maximum Gasteiger partial charge on any atom is 0.416 e. The number of rotatable bonds is 8. The lowest BCUT2D eigenvalue weighted by Gasteiger charge is -2.26. The Morgan fingerprint density at radius 1 is 1.00 bits per heavy atom. The van der Waals surface area contributed by atoms with Crippen LogP contribution in [0.15, 0.2) is 71.6 Å². The van der Waals surface area contributed by atoms with Gasteiger partial charge in [0.1, 0.15) is 17.2 Å². The summed E-state index contributed by atoms with van der Waals surface area (Å²) in [6, 6.07) is 14.0. The van der Waals surface area contributed by atoms with Crippen molar-refractivity contribution in [3.8, 4) is 5.75 Å². The van der Waals surface area contributed by atoms with Gasteiger partial charge < -0.3 is 10.1 Å². The summed E-state index contributed by atoms with van der Waals surface area (Å²) in [5, 5.41) is 2.50. The van der Waals surface area contributed by atoms with Gasteiger partial charge in [0.05, 0.1) is 18.4 Å². The molecule has 0 saturated heterocycles. The van der Waals surface area contributed by atoms with Crippen molar-refractivity contribution in [2.75, 3.05) is 23.3 Å². The number of hydrogen-bond donors (Lipinski definition) is 1. The van der Waals surface area contributed by atoms with E-state index in [4.69, 9.17) is 4.74 Å². The van der Waals surface area contributed by atoms with Crippen LogP contribution in [-0.4, -0.2) is 33.8 Å². The highest BCUT2D eigenvalue weighted by Crippen LogP contribution is 2.35. The molecule has 0 aromatic heterocycles. The first-order chi connectivity index (χ1) is 16.8. The third-order valence-corrected chi connectivity index (χ3v) is 6.98. The van der Waals surface area contributed by atoms with Gasteiger partial charge in [0.15, 0.2) is 5.78 Å². The van der Waals surface area contributed by atoms with Gasteiger partial charge >= 0.3 is 6.18 Å².